The van der Waals surface area contributed by atoms with Crippen LogP contribution in [0.1, 0.15) is 42.7 Å². The molecule has 3 rings (SSSR count). The van der Waals surface area contributed by atoms with Gasteiger partial charge in [-0.2, -0.15) is 9.61 Å². The van der Waals surface area contributed by atoms with Crippen molar-refractivity contribution in [3.63, 3.8) is 0 Å². The van der Waals surface area contributed by atoms with E-state index >= 15 is 0 Å². The summed E-state index contributed by atoms with van der Waals surface area (Å²) in [5, 5.41) is 5.26. The molecule has 0 bridgehead atoms. The molecule has 7 heteroatoms. The first kappa shape index (κ1) is 17.2. The van der Waals surface area contributed by atoms with Gasteiger partial charge in [-0.3, -0.25) is 0 Å². The lowest BCUT2D eigenvalue weighted by atomic mass is 9.99. The van der Waals surface area contributed by atoms with Crippen molar-refractivity contribution < 1.29 is 9.53 Å². The van der Waals surface area contributed by atoms with Crippen LogP contribution in [0, 0.1) is 0 Å². The van der Waals surface area contributed by atoms with Gasteiger partial charge in [0.2, 0.25) is 0 Å². The normalized spacial score (nSPS) is 11.2. The number of nitrogen functional groups attached to an aromatic ring is 1. The number of carbonyl (C=O) groups is 1. The van der Waals surface area contributed by atoms with Crippen LogP contribution in [0.15, 0.2) is 30.5 Å². The third-order valence-corrected chi connectivity index (χ3v) is 4.14. The maximum Gasteiger partial charge on any atom is 0.343 e. The third kappa shape index (κ3) is 3.05. The molecule has 0 amide bonds. The molecule has 0 aliphatic heterocycles. The van der Waals surface area contributed by atoms with Crippen LogP contribution in [0.2, 0.25) is 5.02 Å². The van der Waals surface area contributed by atoms with E-state index in [2.05, 4.69) is 10.1 Å². The van der Waals surface area contributed by atoms with E-state index < -0.39 is 5.97 Å². The van der Waals surface area contributed by atoms with Crippen LogP contribution in [0.4, 0.5) is 5.82 Å². The lowest BCUT2D eigenvalue weighted by Gasteiger charge is -2.07. The highest BCUT2D eigenvalue weighted by Gasteiger charge is 2.22. The number of esters is 1. The molecular formula is C18H19ClN4O2. The predicted molar refractivity (Wildman–Crippen MR) is 97.9 cm³/mol. The summed E-state index contributed by atoms with van der Waals surface area (Å²) in [4.78, 5) is 16.5. The number of anilines is 1. The number of hydrogen-bond donors (Lipinski definition) is 1. The zero-order chi connectivity index (χ0) is 18.1. The summed E-state index contributed by atoms with van der Waals surface area (Å²) in [5.74, 6) is -0.146. The van der Waals surface area contributed by atoms with Crippen molar-refractivity contribution >= 4 is 29.0 Å². The summed E-state index contributed by atoms with van der Waals surface area (Å²) in [7, 11) is 0. The van der Waals surface area contributed by atoms with Gasteiger partial charge in [0.05, 0.1) is 17.9 Å². The summed E-state index contributed by atoms with van der Waals surface area (Å²) < 4.78 is 6.53. The predicted octanol–water partition coefficient (Wildman–Crippen LogP) is 3.93. The van der Waals surface area contributed by atoms with E-state index in [0.717, 1.165) is 16.8 Å². The zero-order valence-corrected chi connectivity index (χ0v) is 15.0. The topological polar surface area (TPSA) is 82.5 Å². The van der Waals surface area contributed by atoms with E-state index in [-0.39, 0.29) is 23.9 Å². The van der Waals surface area contributed by atoms with Crippen LogP contribution < -0.4 is 5.73 Å². The first-order valence-electron chi connectivity index (χ1n) is 8.04. The summed E-state index contributed by atoms with van der Waals surface area (Å²) in [6.45, 7) is 6.10. The van der Waals surface area contributed by atoms with Crippen molar-refractivity contribution in [2.75, 3.05) is 12.3 Å². The maximum absolute atomic E-state index is 12.0. The molecule has 0 spiro atoms. The highest BCUT2D eigenvalue weighted by Crippen LogP contribution is 2.33. The Morgan fingerprint density at radius 2 is 2.00 bits per heavy atom. The average molecular weight is 359 g/mol. The number of halogens is 1. The van der Waals surface area contributed by atoms with Crippen LogP contribution in [0.5, 0.6) is 0 Å². The van der Waals surface area contributed by atoms with Gasteiger partial charge in [-0.15, -0.1) is 0 Å². The van der Waals surface area contributed by atoms with Crippen molar-refractivity contribution in [3.8, 4) is 11.1 Å². The fraction of sp³-hybridized carbons (Fsp3) is 0.278. The molecule has 0 aliphatic rings. The Balaban J connectivity index is 2.26. The van der Waals surface area contributed by atoms with Gasteiger partial charge in [0.1, 0.15) is 11.4 Å². The number of rotatable bonds is 4. The highest BCUT2D eigenvalue weighted by molar-refractivity contribution is 6.30. The fourth-order valence-corrected chi connectivity index (χ4v) is 2.81. The Labute approximate surface area is 150 Å². The van der Waals surface area contributed by atoms with Crippen LogP contribution in [0.25, 0.3) is 16.8 Å². The summed E-state index contributed by atoms with van der Waals surface area (Å²) in [6.07, 6.45) is 1.44. The Kier molecular flexibility index (Phi) is 4.63. The van der Waals surface area contributed by atoms with Crippen LogP contribution in [-0.4, -0.2) is 27.2 Å². The fourth-order valence-electron chi connectivity index (χ4n) is 2.68. The number of carbonyl (C=O) groups excluding carboxylic acids is 1. The SMILES string of the molecule is CCOC(=O)c1cnc2c(-c3ccc(Cl)cc3)c(C(C)C)nn2c1N. The van der Waals surface area contributed by atoms with E-state index in [9.17, 15) is 4.79 Å². The summed E-state index contributed by atoms with van der Waals surface area (Å²) in [5.41, 5.74) is 9.65. The van der Waals surface area contributed by atoms with Gasteiger partial charge in [-0.1, -0.05) is 37.6 Å². The van der Waals surface area contributed by atoms with Gasteiger partial charge in [0, 0.05) is 11.2 Å². The van der Waals surface area contributed by atoms with Gasteiger partial charge in [-0.05, 0) is 30.5 Å². The smallest absolute Gasteiger partial charge is 0.343 e. The Bertz CT molecular complexity index is 932. The van der Waals surface area contributed by atoms with Crippen molar-refractivity contribution in [2.45, 2.75) is 26.7 Å². The maximum atomic E-state index is 12.0. The molecule has 2 aromatic heterocycles. The third-order valence-electron chi connectivity index (χ3n) is 3.88. The number of fused-ring (bicyclic) bond motifs is 1. The molecule has 0 atom stereocenters. The summed E-state index contributed by atoms with van der Waals surface area (Å²) in [6, 6.07) is 7.48. The molecule has 130 valence electrons. The van der Waals surface area contributed by atoms with Crippen molar-refractivity contribution in [3.05, 3.63) is 46.7 Å². The van der Waals surface area contributed by atoms with E-state index in [0.29, 0.717) is 10.7 Å². The Morgan fingerprint density at radius 1 is 1.32 bits per heavy atom. The minimum absolute atomic E-state index is 0.151. The average Bonchev–Trinajstić information content (AvgIpc) is 2.97. The molecule has 2 N–H and O–H groups in total. The molecule has 0 saturated carbocycles. The van der Waals surface area contributed by atoms with Crippen molar-refractivity contribution in [2.24, 2.45) is 0 Å². The monoisotopic (exact) mass is 358 g/mol. The molecule has 0 radical (unpaired) electrons. The molecule has 3 aromatic rings. The number of hydrogen-bond acceptors (Lipinski definition) is 5. The van der Waals surface area contributed by atoms with Gasteiger partial charge >= 0.3 is 5.97 Å². The number of benzene rings is 1. The Hall–Kier alpha value is -2.60. The van der Waals surface area contributed by atoms with Crippen molar-refractivity contribution in [1.82, 2.24) is 14.6 Å². The molecule has 0 saturated heterocycles. The second-order valence-corrected chi connectivity index (χ2v) is 6.37. The van der Waals surface area contributed by atoms with Gasteiger partial charge in [0.15, 0.2) is 5.65 Å². The number of nitrogens with zero attached hydrogens (tertiary/aromatic N) is 3. The van der Waals surface area contributed by atoms with E-state index in [1.54, 1.807) is 6.92 Å². The van der Waals surface area contributed by atoms with Gasteiger partial charge < -0.3 is 10.5 Å². The lowest BCUT2D eigenvalue weighted by Crippen LogP contribution is -2.12. The minimum Gasteiger partial charge on any atom is -0.462 e. The number of nitrogens with two attached hydrogens (primary N) is 1. The number of ether oxygens (including phenoxy) is 1. The number of aromatic nitrogens is 3. The first-order valence-corrected chi connectivity index (χ1v) is 8.42. The van der Waals surface area contributed by atoms with Crippen LogP contribution in [0.3, 0.4) is 0 Å². The van der Waals surface area contributed by atoms with Gasteiger partial charge in [0.25, 0.3) is 0 Å². The largest absolute Gasteiger partial charge is 0.462 e. The van der Waals surface area contributed by atoms with E-state index in [4.69, 9.17) is 22.1 Å². The second kappa shape index (κ2) is 6.72. The minimum atomic E-state index is -0.510. The highest BCUT2D eigenvalue weighted by atomic mass is 35.5. The van der Waals surface area contributed by atoms with E-state index in [1.165, 1.54) is 10.7 Å². The molecule has 6 nitrogen and oxygen atoms in total. The van der Waals surface area contributed by atoms with Gasteiger partial charge in [-0.25, -0.2) is 9.78 Å². The van der Waals surface area contributed by atoms with Crippen molar-refractivity contribution in [1.29, 1.82) is 0 Å². The molecular weight excluding hydrogens is 340 g/mol. The molecule has 0 fully saturated rings. The van der Waals surface area contributed by atoms with Crippen LogP contribution in [-0.2, 0) is 4.74 Å². The molecule has 0 unspecified atom stereocenters. The second-order valence-electron chi connectivity index (χ2n) is 5.93. The molecule has 2 heterocycles. The summed E-state index contributed by atoms with van der Waals surface area (Å²) >= 11 is 6.00. The van der Waals surface area contributed by atoms with Crippen LogP contribution >= 0.6 is 11.6 Å². The Morgan fingerprint density at radius 3 is 2.60 bits per heavy atom. The molecule has 0 aliphatic carbocycles. The first-order chi connectivity index (χ1) is 11.9. The quantitative estimate of drug-likeness (QED) is 0.714. The lowest BCUT2D eigenvalue weighted by molar-refractivity contribution is 0.0526. The van der Waals surface area contributed by atoms with E-state index in [1.807, 2.05) is 38.1 Å². The molecule has 1 aromatic carbocycles. The zero-order valence-electron chi connectivity index (χ0n) is 14.3. The molecule has 25 heavy (non-hydrogen) atoms. The standard InChI is InChI=1S/C18H19ClN4O2/c1-4-25-18(24)13-9-21-17-14(11-5-7-12(19)8-6-11)15(10(2)3)22-23(17)16(13)20/h5-10H,4,20H2,1-3H3.